The van der Waals surface area contributed by atoms with Crippen molar-refractivity contribution in [3.63, 3.8) is 0 Å². The van der Waals surface area contributed by atoms with Gasteiger partial charge >= 0.3 is 0 Å². The number of thioether (sulfide) groups is 1. The van der Waals surface area contributed by atoms with Gasteiger partial charge < -0.3 is 5.32 Å². The van der Waals surface area contributed by atoms with Gasteiger partial charge in [0, 0.05) is 17.8 Å². The van der Waals surface area contributed by atoms with Gasteiger partial charge in [0.2, 0.25) is 0 Å². The number of rotatable bonds is 5. The summed E-state index contributed by atoms with van der Waals surface area (Å²) in [6.07, 6.45) is 4.86. The van der Waals surface area contributed by atoms with Crippen LogP contribution < -0.4 is 5.32 Å². The molecule has 0 saturated heterocycles. The van der Waals surface area contributed by atoms with Crippen LogP contribution in [-0.4, -0.2) is 17.5 Å². The molecule has 1 fully saturated rings. The van der Waals surface area contributed by atoms with E-state index < -0.39 is 0 Å². The van der Waals surface area contributed by atoms with Crippen molar-refractivity contribution < 1.29 is 0 Å². The zero-order valence-electron chi connectivity index (χ0n) is 9.22. The zero-order valence-corrected chi connectivity index (χ0v) is 11.6. The van der Waals surface area contributed by atoms with E-state index in [1.807, 2.05) is 30.0 Å². The van der Waals surface area contributed by atoms with Gasteiger partial charge in [0.25, 0.3) is 0 Å². The van der Waals surface area contributed by atoms with Crippen LogP contribution in [0.15, 0.2) is 18.2 Å². The van der Waals surface area contributed by atoms with Crippen LogP contribution in [0.5, 0.6) is 0 Å². The molecule has 16 heavy (non-hydrogen) atoms. The summed E-state index contributed by atoms with van der Waals surface area (Å²) in [7, 11) is 0. The highest BCUT2D eigenvalue weighted by Crippen LogP contribution is 2.46. The average Bonchev–Trinajstić information content (AvgIpc) is 3.04. The Morgan fingerprint density at radius 2 is 2.06 bits per heavy atom. The number of nitrogens with one attached hydrogen (secondary N) is 1. The highest BCUT2D eigenvalue weighted by atomic mass is 35.5. The van der Waals surface area contributed by atoms with Crippen LogP contribution in [0.25, 0.3) is 0 Å². The van der Waals surface area contributed by atoms with E-state index in [1.54, 1.807) is 0 Å². The lowest BCUT2D eigenvalue weighted by atomic mass is 10.2. The van der Waals surface area contributed by atoms with E-state index in [0.29, 0.717) is 14.8 Å². The van der Waals surface area contributed by atoms with Gasteiger partial charge in [-0.1, -0.05) is 29.3 Å². The molecule has 1 aromatic rings. The van der Waals surface area contributed by atoms with Gasteiger partial charge in [-0.15, -0.1) is 0 Å². The molecule has 0 spiro atoms. The van der Waals surface area contributed by atoms with E-state index in [4.69, 9.17) is 23.2 Å². The molecule has 0 unspecified atom stereocenters. The van der Waals surface area contributed by atoms with E-state index in [1.165, 1.54) is 18.4 Å². The molecule has 0 bridgehead atoms. The van der Waals surface area contributed by atoms with Crippen molar-refractivity contribution in [1.29, 1.82) is 0 Å². The Labute approximate surface area is 111 Å². The van der Waals surface area contributed by atoms with Gasteiger partial charge in [-0.25, -0.2) is 0 Å². The summed E-state index contributed by atoms with van der Waals surface area (Å²) in [5, 5.41) is 4.73. The first kappa shape index (κ1) is 12.6. The summed E-state index contributed by atoms with van der Waals surface area (Å²) in [6, 6.07) is 5.79. The van der Waals surface area contributed by atoms with Gasteiger partial charge in [-0.3, -0.25) is 0 Å². The van der Waals surface area contributed by atoms with Crippen molar-refractivity contribution in [2.45, 2.75) is 24.1 Å². The van der Waals surface area contributed by atoms with Crippen molar-refractivity contribution in [3.05, 3.63) is 33.8 Å². The topological polar surface area (TPSA) is 12.0 Å². The van der Waals surface area contributed by atoms with Crippen molar-refractivity contribution in [3.8, 4) is 0 Å². The molecule has 0 aromatic heterocycles. The molecule has 88 valence electrons. The van der Waals surface area contributed by atoms with Crippen molar-refractivity contribution >= 4 is 35.0 Å². The first-order chi connectivity index (χ1) is 7.65. The number of benzene rings is 1. The quantitative estimate of drug-likeness (QED) is 0.873. The smallest absolute Gasteiger partial charge is 0.0595 e. The summed E-state index contributed by atoms with van der Waals surface area (Å²) in [5.41, 5.74) is 1.19. The predicted octanol–water partition coefficient (Wildman–Crippen LogP) is 3.98. The Bertz CT molecular complexity index is 377. The minimum absolute atomic E-state index is 0.510. The normalized spacial score (nSPS) is 17.4. The van der Waals surface area contributed by atoms with Crippen molar-refractivity contribution in [2.75, 3.05) is 12.8 Å². The lowest BCUT2D eigenvalue weighted by Crippen LogP contribution is -2.25. The summed E-state index contributed by atoms with van der Waals surface area (Å²) >= 11 is 13.8. The van der Waals surface area contributed by atoms with Crippen LogP contribution in [0.4, 0.5) is 0 Å². The van der Waals surface area contributed by atoms with Gasteiger partial charge in [-0.2, -0.15) is 11.8 Å². The van der Waals surface area contributed by atoms with Crippen molar-refractivity contribution in [2.24, 2.45) is 0 Å². The molecular formula is C12H15Cl2NS. The third-order valence-corrected chi connectivity index (χ3v) is 5.16. The molecule has 4 heteroatoms. The van der Waals surface area contributed by atoms with Crippen LogP contribution >= 0.6 is 35.0 Å². The predicted molar refractivity (Wildman–Crippen MR) is 73.6 cm³/mol. The molecule has 0 aliphatic heterocycles. The number of hydrogen-bond acceptors (Lipinski definition) is 2. The Kier molecular flexibility index (Phi) is 4.06. The lowest BCUT2D eigenvalue weighted by molar-refractivity contribution is 0.663. The Morgan fingerprint density at radius 3 is 2.62 bits per heavy atom. The first-order valence-electron chi connectivity index (χ1n) is 5.35. The van der Waals surface area contributed by atoms with Gasteiger partial charge in [-0.05, 0) is 36.8 Å². The standard InChI is InChI=1S/C12H15Cl2NS/c1-16-12(4-5-12)8-15-7-9-2-3-10(13)11(14)6-9/h2-3,6,15H,4-5,7-8H2,1H3. The minimum atomic E-state index is 0.510. The second kappa shape index (κ2) is 5.18. The van der Waals surface area contributed by atoms with E-state index in [-0.39, 0.29) is 0 Å². The molecule has 0 radical (unpaired) electrons. The molecule has 1 aromatic carbocycles. The highest BCUT2D eigenvalue weighted by Gasteiger charge is 2.41. The molecule has 1 nitrogen and oxygen atoms in total. The molecule has 1 saturated carbocycles. The summed E-state index contributed by atoms with van der Waals surface area (Å²) < 4.78 is 0.510. The summed E-state index contributed by atoms with van der Waals surface area (Å²) in [5.74, 6) is 0. The lowest BCUT2D eigenvalue weighted by Gasteiger charge is -2.13. The molecule has 1 aliphatic rings. The van der Waals surface area contributed by atoms with Gasteiger partial charge in [0.05, 0.1) is 10.0 Å². The summed E-state index contributed by atoms with van der Waals surface area (Å²) in [4.78, 5) is 0. The molecule has 2 rings (SSSR count). The Hall–Kier alpha value is 0.110. The fourth-order valence-electron chi connectivity index (χ4n) is 1.68. The second-order valence-corrected chi connectivity index (χ2v) is 6.33. The molecule has 0 heterocycles. The van der Waals surface area contributed by atoms with E-state index in [0.717, 1.165) is 13.1 Å². The monoisotopic (exact) mass is 275 g/mol. The SMILES string of the molecule is CSC1(CNCc2ccc(Cl)c(Cl)c2)CC1. The maximum Gasteiger partial charge on any atom is 0.0595 e. The number of hydrogen-bond donors (Lipinski definition) is 1. The highest BCUT2D eigenvalue weighted by molar-refractivity contribution is 8.00. The maximum absolute atomic E-state index is 5.96. The third-order valence-electron chi connectivity index (χ3n) is 3.00. The fourth-order valence-corrected chi connectivity index (χ4v) is 2.75. The third kappa shape index (κ3) is 3.07. The van der Waals surface area contributed by atoms with E-state index in [2.05, 4.69) is 11.6 Å². The Balaban J connectivity index is 1.83. The van der Waals surface area contributed by atoms with Crippen LogP contribution in [0.3, 0.4) is 0 Å². The Morgan fingerprint density at radius 1 is 1.31 bits per heavy atom. The molecule has 0 atom stereocenters. The zero-order chi connectivity index (χ0) is 11.6. The molecular weight excluding hydrogens is 261 g/mol. The maximum atomic E-state index is 5.96. The van der Waals surface area contributed by atoms with E-state index in [9.17, 15) is 0 Å². The van der Waals surface area contributed by atoms with E-state index >= 15 is 0 Å². The minimum Gasteiger partial charge on any atom is -0.311 e. The summed E-state index contributed by atoms with van der Waals surface area (Å²) in [6.45, 7) is 1.94. The molecule has 1 aliphatic carbocycles. The molecule has 0 amide bonds. The van der Waals surface area contributed by atoms with Crippen LogP contribution in [0.2, 0.25) is 10.0 Å². The van der Waals surface area contributed by atoms with Crippen LogP contribution in [-0.2, 0) is 6.54 Å². The average molecular weight is 276 g/mol. The molecule has 1 N–H and O–H groups in total. The largest absolute Gasteiger partial charge is 0.311 e. The second-order valence-electron chi connectivity index (χ2n) is 4.24. The van der Waals surface area contributed by atoms with Gasteiger partial charge in [0.1, 0.15) is 0 Å². The first-order valence-corrected chi connectivity index (χ1v) is 7.33. The van der Waals surface area contributed by atoms with Crippen LogP contribution in [0, 0.1) is 0 Å². The van der Waals surface area contributed by atoms with Crippen molar-refractivity contribution in [1.82, 2.24) is 5.32 Å². The van der Waals surface area contributed by atoms with Crippen LogP contribution in [0.1, 0.15) is 18.4 Å². The fraction of sp³-hybridized carbons (Fsp3) is 0.500. The van der Waals surface area contributed by atoms with Gasteiger partial charge in [0.15, 0.2) is 0 Å². The number of halogens is 2.